The van der Waals surface area contributed by atoms with Gasteiger partial charge < -0.3 is 16.0 Å². The molecular formula is C20H20N3O2S2+. The minimum atomic E-state index is -0.472. The molecule has 4 rings (SSSR count). The summed E-state index contributed by atoms with van der Waals surface area (Å²) >= 11 is 2.85. The molecule has 1 aromatic carbocycles. The van der Waals surface area contributed by atoms with Crippen molar-refractivity contribution in [2.24, 2.45) is 5.73 Å². The smallest absolute Gasteiger partial charge is 0.266 e. The van der Waals surface area contributed by atoms with Crippen LogP contribution in [0.5, 0.6) is 0 Å². The van der Waals surface area contributed by atoms with Crippen LogP contribution in [0, 0.1) is 0 Å². The number of hydrogen-bond acceptors (Lipinski definition) is 4. The zero-order chi connectivity index (χ0) is 18.8. The Kier molecular flexibility index (Phi) is 5.07. The third kappa shape index (κ3) is 3.80. The Morgan fingerprint density at radius 3 is 2.67 bits per heavy atom. The van der Waals surface area contributed by atoms with Crippen molar-refractivity contribution in [1.82, 2.24) is 0 Å². The quantitative estimate of drug-likeness (QED) is 0.617. The minimum absolute atomic E-state index is 0.195. The Morgan fingerprint density at radius 2 is 1.96 bits per heavy atom. The van der Waals surface area contributed by atoms with E-state index in [1.807, 2.05) is 17.5 Å². The highest BCUT2D eigenvalue weighted by molar-refractivity contribution is 7.17. The normalized spacial score (nSPS) is 15.9. The van der Waals surface area contributed by atoms with Gasteiger partial charge in [0.1, 0.15) is 18.1 Å². The predicted molar refractivity (Wildman–Crippen MR) is 108 cm³/mol. The zero-order valence-electron chi connectivity index (χ0n) is 14.7. The number of nitrogens with two attached hydrogens (primary N) is 1. The van der Waals surface area contributed by atoms with Crippen molar-refractivity contribution in [3.8, 4) is 0 Å². The van der Waals surface area contributed by atoms with Crippen LogP contribution in [-0.2, 0) is 19.5 Å². The van der Waals surface area contributed by atoms with Gasteiger partial charge in [-0.1, -0.05) is 36.4 Å². The monoisotopic (exact) mass is 398 g/mol. The predicted octanol–water partition coefficient (Wildman–Crippen LogP) is 2.30. The van der Waals surface area contributed by atoms with E-state index in [2.05, 4.69) is 29.6 Å². The molecule has 2 amide bonds. The molecule has 0 saturated carbocycles. The first-order chi connectivity index (χ1) is 13.1. The van der Waals surface area contributed by atoms with Crippen molar-refractivity contribution in [3.05, 3.63) is 74.3 Å². The molecule has 1 aliphatic heterocycles. The van der Waals surface area contributed by atoms with Crippen LogP contribution >= 0.6 is 22.7 Å². The van der Waals surface area contributed by atoms with Crippen molar-refractivity contribution in [1.29, 1.82) is 0 Å². The number of rotatable bonds is 5. The molecule has 1 atom stereocenters. The molecule has 3 heterocycles. The van der Waals surface area contributed by atoms with Crippen LogP contribution in [0.3, 0.4) is 0 Å². The molecule has 7 heteroatoms. The van der Waals surface area contributed by atoms with Crippen LogP contribution in [-0.4, -0.2) is 18.4 Å². The third-order valence-electron chi connectivity index (χ3n) is 4.75. The lowest BCUT2D eigenvalue weighted by Crippen LogP contribution is -3.10. The number of carbonyl (C=O) groups is 2. The molecule has 0 spiro atoms. The molecule has 1 unspecified atom stereocenters. The Morgan fingerprint density at radius 1 is 1.15 bits per heavy atom. The van der Waals surface area contributed by atoms with E-state index in [1.54, 1.807) is 6.07 Å². The van der Waals surface area contributed by atoms with Gasteiger partial charge in [-0.25, -0.2) is 0 Å². The average Bonchev–Trinajstić information content (AvgIpc) is 3.29. The summed E-state index contributed by atoms with van der Waals surface area (Å²) in [5, 5.41) is 5.33. The second kappa shape index (κ2) is 7.64. The number of thiophene rings is 2. The first-order valence-electron chi connectivity index (χ1n) is 8.78. The number of quaternary nitrogens is 1. The van der Waals surface area contributed by atoms with Crippen LogP contribution < -0.4 is 16.0 Å². The summed E-state index contributed by atoms with van der Waals surface area (Å²) in [6.45, 7) is 2.72. The highest BCUT2D eigenvalue weighted by Crippen LogP contribution is 2.35. The number of nitrogens with one attached hydrogen (secondary N) is 2. The van der Waals surface area contributed by atoms with Crippen LogP contribution in [0.4, 0.5) is 5.00 Å². The molecule has 5 nitrogen and oxygen atoms in total. The maximum Gasteiger partial charge on any atom is 0.266 e. The fourth-order valence-corrected chi connectivity index (χ4v) is 5.43. The van der Waals surface area contributed by atoms with E-state index in [0.717, 1.165) is 36.5 Å². The summed E-state index contributed by atoms with van der Waals surface area (Å²) < 4.78 is 0. The highest BCUT2D eigenvalue weighted by Gasteiger charge is 2.30. The number of primary amides is 1. The van der Waals surface area contributed by atoms with E-state index in [-0.39, 0.29) is 5.91 Å². The summed E-state index contributed by atoms with van der Waals surface area (Å²) in [7, 11) is 0. The number of anilines is 1. The topological polar surface area (TPSA) is 76.6 Å². The maximum absolute atomic E-state index is 12.4. The maximum atomic E-state index is 12.4. The number of benzene rings is 1. The SMILES string of the molecule is NC(=O)c1c(NC(=O)c2cccs2)sc2c1CC[NH+](Cc1ccccc1)C2. The highest BCUT2D eigenvalue weighted by atomic mass is 32.1. The van der Waals surface area contributed by atoms with Gasteiger partial charge in [-0.2, -0.15) is 0 Å². The molecule has 0 radical (unpaired) electrons. The van der Waals surface area contributed by atoms with Crippen LogP contribution in [0.15, 0.2) is 47.8 Å². The van der Waals surface area contributed by atoms with Crippen molar-refractivity contribution >= 4 is 39.5 Å². The van der Waals surface area contributed by atoms with Gasteiger partial charge in [0.25, 0.3) is 11.8 Å². The molecule has 3 aromatic rings. The molecule has 0 fully saturated rings. The second-order valence-corrected chi connectivity index (χ2v) is 8.65. The van der Waals surface area contributed by atoms with Crippen molar-refractivity contribution in [2.45, 2.75) is 19.5 Å². The van der Waals surface area contributed by atoms with E-state index < -0.39 is 5.91 Å². The van der Waals surface area contributed by atoms with E-state index in [0.29, 0.717) is 15.4 Å². The van der Waals surface area contributed by atoms with Gasteiger partial charge in [-0.3, -0.25) is 9.59 Å². The van der Waals surface area contributed by atoms with Gasteiger partial charge in [0.15, 0.2) is 0 Å². The Bertz CT molecular complexity index is 965. The summed E-state index contributed by atoms with van der Waals surface area (Å²) in [5.74, 6) is -0.667. The summed E-state index contributed by atoms with van der Waals surface area (Å²) in [4.78, 5) is 27.7. The third-order valence-corrected chi connectivity index (χ3v) is 6.76. The van der Waals surface area contributed by atoms with Gasteiger partial charge in [0.2, 0.25) is 0 Å². The molecule has 2 aromatic heterocycles. The number of amides is 2. The fraction of sp³-hybridized carbons (Fsp3) is 0.200. The van der Waals surface area contributed by atoms with E-state index in [9.17, 15) is 9.59 Å². The van der Waals surface area contributed by atoms with Crippen LogP contribution in [0.25, 0.3) is 0 Å². The Balaban J connectivity index is 1.57. The number of carbonyl (C=O) groups excluding carboxylic acids is 2. The Labute approximate surface area is 165 Å². The lowest BCUT2D eigenvalue weighted by molar-refractivity contribution is -0.929. The molecule has 0 aliphatic carbocycles. The molecule has 0 saturated heterocycles. The Hall–Kier alpha value is -2.48. The van der Waals surface area contributed by atoms with E-state index in [1.165, 1.54) is 33.1 Å². The van der Waals surface area contributed by atoms with Gasteiger partial charge in [-0.15, -0.1) is 22.7 Å². The van der Waals surface area contributed by atoms with Gasteiger partial charge in [0.05, 0.1) is 21.9 Å². The summed E-state index contributed by atoms with van der Waals surface area (Å²) in [6, 6.07) is 14.0. The zero-order valence-corrected chi connectivity index (χ0v) is 16.3. The molecule has 138 valence electrons. The second-order valence-electron chi connectivity index (χ2n) is 6.59. The fourth-order valence-electron chi connectivity index (χ4n) is 3.49. The van der Waals surface area contributed by atoms with Gasteiger partial charge in [-0.05, 0) is 17.0 Å². The van der Waals surface area contributed by atoms with Crippen LogP contribution in [0.1, 0.15) is 36.0 Å². The first-order valence-corrected chi connectivity index (χ1v) is 10.5. The van der Waals surface area contributed by atoms with Crippen molar-refractivity contribution in [2.75, 3.05) is 11.9 Å². The summed E-state index contributed by atoms with van der Waals surface area (Å²) in [5.41, 5.74) is 8.44. The van der Waals surface area contributed by atoms with Gasteiger partial charge in [0, 0.05) is 12.0 Å². The standard InChI is InChI=1S/C20H19N3O2S2/c21-18(24)17-14-8-9-23(11-13-5-2-1-3-6-13)12-16(14)27-20(17)22-19(25)15-7-4-10-26-15/h1-7,10H,8-9,11-12H2,(H2,21,24)(H,22,25)/p+1. The first kappa shape index (κ1) is 17.9. The minimum Gasteiger partial charge on any atom is -0.365 e. The van der Waals surface area contributed by atoms with E-state index in [4.69, 9.17) is 5.73 Å². The molecule has 4 N–H and O–H groups in total. The molecular weight excluding hydrogens is 378 g/mol. The van der Waals surface area contributed by atoms with Crippen LogP contribution in [0.2, 0.25) is 0 Å². The van der Waals surface area contributed by atoms with Gasteiger partial charge >= 0.3 is 0 Å². The summed E-state index contributed by atoms with van der Waals surface area (Å²) in [6.07, 6.45) is 0.793. The number of fused-ring (bicyclic) bond motifs is 1. The largest absolute Gasteiger partial charge is 0.365 e. The lowest BCUT2D eigenvalue weighted by atomic mass is 10.0. The average molecular weight is 399 g/mol. The van der Waals surface area contributed by atoms with E-state index >= 15 is 0 Å². The van der Waals surface area contributed by atoms with Crippen molar-refractivity contribution in [3.63, 3.8) is 0 Å². The van der Waals surface area contributed by atoms with Crippen molar-refractivity contribution < 1.29 is 14.5 Å². The number of hydrogen-bond donors (Lipinski definition) is 3. The molecule has 27 heavy (non-hydrogen) atoms. The molecule has 1 aliphatic rings. The molecule has 0 bridgehead atoms. The lowest BCUT2D eigenvalue weighted by Gasteiger charge is -2.24.